The largest absolute Gasteiger partial charge is 0.365 e. The minimum atomic E-state index is -0.285. The minimum Gasteiger partial charge on any atom is -0.365 e. The van der Waals surface area contributed by atoms with E-state index in [9.17, 15) is 9.59 Å². The maximum absolute atomic E-state index is 11.9. The third kappa shape index (κ3) is 0.946. The molecule has 0 aromatic carbocycles. The predicted molar refractivity (Wildman–Crippen MR) is 51.7 cm³/mol. The van der Waals surface area contributed by atoms with Crippen LogP contribution < -0.4 is 0 Å². The van der Waals surface area contributed by atoms with Gasteiger partial charge in [0.05, 0.1) is 24.0 Å². The first kappa shape index (κ1) is 8.85. The molecule has 3 aliphatic heterocycles. The molecule has 15 heavy (non-hydrogen) atoms. The van der Waals surface area contributed by atoms with Crippen LogP contribution in [0, 0.1) is 11.8 Å². The van der Waals surface area contributed by atoms with Gasteiger partial charge in [-0.2, -0.15) is 0 Å². The molecule has 3 rings (SSSR count). The molecule has 0 N–H and O–H groups in total. The van der Waals surface area contributed by atoms with Gasteiger partial charge in [-0.05, 0) is 0 Å². The smallest absolute Gasteiger partial charge is 0.236 e. The van der Waals surface area contributed by atoms with Crippen LogP contribution in [0.15, 0.2) is 24.8 Å². The number of imide groups is 1. The molecule has 0 saturated carbocycles. The molecule has 4 nitrogen and oxygen atoms in total. The minimum absolute atomic E-state index is 0.109. The van der Waals surface area contributed by atoms with Crippen LogP contribution in [0.1, 0.15) is 0 Å². The Labute approximate surface area is 87.2 Å². The van der Waals surface area contributed by atoms with Crippen molar-refractivity contribution in [3.05, 3.63) is 24.8 Å². The molecule has 0 aliphatic carbocycles. The second-order valence-electron chi connectivity index (χ2n) is 4.08. The molecule has 0 unspecified atom stereocenters. The summed E-state index contributed by atoms with van der Waals surface area (Å²) in [4.78, 5) is 25.1. The van der Waals surface area contributed by atoms with Crippen molar-refractivity contribution >= 4 is 11.8 Å². The first-order valence-electron chi connectivity index (χ1n) is 5.04. The van der Waals surface area contributed by atoms with Gasteiger partial charge in [0.25, 0.3) is 0 Å². The van der Waals surface area contributed by atoms with Crippen LogP contribution in [0.3, 0.4) is 0 Å². The van der Waals surface area contributed by atoms with Crippen molar-refractivity contribution in [2.24, 2.45) is 11.8 Å². The number of likely N-dealkylation sites (tertiary alicyclic amines) is 1. The summed E-state index contributed by atoms with van der Waals surface area (Å²) < 4.78 is 5.50. The highest BCUT2D eigenvalue weighted by Crippen LogP contribution is 2.44. The Morgan fingerprint density at radius 1 is 1.27 bits per heavy atom. The second-order valence-corrected chi connectivity index (χ2v) is 4.08. The molecule has 4 heteroatoms. The molecule has 0 radical (unpaired) electrons. The van der Waals surface area contributed by atoms with Crippen LogP contribution in [0.4, 0.5) is 0 Å². The summed E-state index contributed by atoms with van der Waals surface area (Å²) in [6.07, 6.45) is 4.97. The van der Waals surface area contributed by atoms with Crippen LogP contribution in [0.25, 0.3) is 0 Å². The van der Waals surface area contributed by atoms with E-state index in [0.717, 1.165) is 0 Å². The zero-order valence-electron chi connectivity index (χ0n) is 8.13. The van der Waals surface area contributed by atoms with Crippen molar-refractivity contribution in [2.45, 2.75) is 12.2 Å². The Kier molecular flexibility index (Phi) is 1.65. The van der Waals surface area contributed by atoms with E-state index in [2.05, 4.69) is 6.58 Å². The summed E-state index contributed by atoms with van der Waals surface area (Å²) in [7, 11) is 0. The fraction of sp³-hybridized carbons (Fsp3) is 0.455. The van der Waals surface area contributed by atoms with Crippen molar-refractivity contribution in [3.8, 4) is 0 Å². The van der Waals surface area contributed by atoms with Gasteiger partial charge in [-0.1, -0.05) is 18.2 Å². The van der Waals surface area contributed by atoms with E-state index in [-0.39, 0.29) is 35.9 Å². The van der Waals surface area contributed by atoms with Crippen LogP contribution in [0.5, 0.6) is 0 Å². The Hall–Kier alpha value is -1.42. The number of hydrogen-bond acceptors (Lipinski definition) is 3. The summed E-state index contributed by atoms with van der Waals surface area (Å²) in [6, 6.07) is 0. The molecule has 2 saturated heterocycles. The zero-order valence-corrected chi connectivity index (χ0v) is 8.13. The fourth-order valence-electron chi connectivity index (χ4n) is 2.67. The number of carbonyl (C=O) groups excluding carboxylic acids is 2. The third-order valence-electron chi connectivity index (χ3n) is 3.31. The SMILES string of the molecule is C=CCN1C(=O)[C@@H]2[C@H](C1=O)[C@H]1C=C[C@@H]2O1. The Morgan fingerprint density at radius 3 is 2.27 bits per heavy atom. The maximum Gasteiger partial charge on any atom is 0.236 e. The van der Waals surface area contributed by atoms with E-state index in [1.807, 2.05) is 12.2 Å². The summed E-state index contributed by atoms with van der Waals surface area (Å²) >= 11 is 0. The lowest BCUT2D eigenvalue weighted by atomic mass is 9.85. The van der Waals surface area contributed by atoms with Crippen molar-refractivity contribution < 1.29 is 14.3 Å². The molecule has 3 heterocycles. The Balaban J connectivity index is 1.96. The monoisotopic (exact) mass is 205 g/mol. The number of hydrogen-bond donors (Lipinski definition) is 0. The van der Waals surface area contributed by atoms with Crippen LogP contribution in [-0.4, -0.2) is 35.5 Å². The average molecular weight is 205 g/mol. The standard InChI is InChI=1S/C11H11NO3/c1-2-5-12-10(13)8-6-3-4-7(15-6)9(8)11(12)14/h2-4,6-9H,1,5H2/t6-,7+,8-,9+. The van der Waals surface area contributed by atoms with Crippen LogP contribution >= 0.6 is 0 Å². The van der Waals surface area contributed by atoms with Gasteiger partial charge in [-0.3, -0.25) is 14.5 Å². The lowest BCUT2D eigenvalue weighted by molar-refractivity contribution is -0.141. The summed E-state index contributed by atoms with van der Waals surface area (Å²) in [5.74, 6) is -0.789. The quantitative estimate of drug-likeness (QED) is 0.475. The van der Waals surface area contributed by atoms with Crippen molar-refractivity contribution in [3.63, 3.8) is 0 Å². The van der Waals surface area contributed by atoms with Crippen molar-refractivity contribution in [1.29, 1.82) is 0 Å². The number of amides is 2. The average Bonchev–Trinajstić information content (AvgIpc) is 2.87. The van der Waals surface area contributed by atoms with Gasteiger partial charge >= 0.3 is 0 Å². The normalized spacial score (nSPS) is 41.5. The van der Waals surface area contributed by atoms with E-state index in [1.165, 1.54) is 4.90 Å². The Morgan fingerprint density at radius 2 is 1.80 bits per heavy atom. The summed E-state index contributed by atoms with van der Waals surface area (Å²) in [5, 5.41) is 0. The highest BCUT2D eigenvalue weighted by atomic mass is 16.5. The molecule has 0 aromatic rings. The predicted octanol–water partition coefficient (Wildman–Crippen LogP) is 0.111. The second kappa shape index (κ2) is 2.79. The van der Waals surface area contributed by atoms with Crippen molar-refractivity contribution in [2.75, 3.05) is 6.54 Å². The van der Waals surface area contributed by atoms with Gasteiger partial charge in [0.15, 0.2) is 0 Å². The highest BCUT2D eigenvalue weighted by molar-refractivity contribution is 6.06. The van der Waals surface area contributed by atoms with Crippen LogP contribution in [-0.2, 0) is 14.3 Å². The zero-order chi connectivity index (χ0) is 10.6. The summed E-state index contributed by atoms with van der Waals surface area (Å²) in [6.45, 7) is 3.86. The molecule has 4 atom stereocenters. The molecule has 3 aliphatic rings. The number of rotatable bonds is 2. The molecule has 2 fully saturated rings. The number of carbonyl (C=O) groups is 2. The first-order valence-corrected chi connectivity index (χ1v) is 5.04. The lowest BCUT2D eigenvalue weighted by Gasteiger charge is -2.14. The van der Waals surface area contributed by atoms with E-state index < -0.39 is 0 Å². The molecular weight excluding hydrogens is 194 g/mol. The lowest BCUT2D eigenvalue weighted by Crippen LogP contribution is -2.34. The molecule has 2 bridgehead atoms. The maximum atomic E-state index is 11.9. The highest BCUT2D eigenvalue weighted by Gasteiger charge is 2.60. The van der Waals surface area contributed by atoms with E-state index >= 15 is 0 Å². The first-order chi connectivity index (χ1) is 7.24. The molecule has 0 aromatic heterocycles. The third-order valence-corrected chi connectivity index (χ3v) is 3.31. The van der Waals surface area contributed by atoms with E-state index in [1.54, 1.807) is 6.08 Å². The van der Waals surface area contributed by atoms with Gasteiger partial charge in [0.1, 0.15) is 0 Å². The number of ether oxygens (including phenoxy) is 1. The fourth-order valence-corrected chi connectivity index (χ4v) is 2.67. The van der Waals surface area contributed by atoms with E-state index in [4.69, 9.17) is 4.74 Å². The number of nitrogens with zero attached hydrogens (tertiary/aromatic N) is 1. The van der Waals surface area contributed by atoms with Gasteiger partial charge in [-0.15, -0.1) is 6.58 Å². The van der Waals surface area contributed by atoms with Crippen molar-refractivity contribution in [1.82, 2.24) is 4.90 Å². The molecule has 0 spiro atoms. The van der Waals surface area contributed by atoms with Gasteiger partial charge in [-0.25, -0.2) is 0 Å². The topological polar surface area (TPSA) is 46.6 Å². The molecular formula is C11H11NO3. The summed E-state index contributed by atoms with van der Waals surface area (Å²) in [5.41, 5.74) is 0. The van der Waals surface area contributed by atoms with Gasteiger partial charge in [0.2, 0.25) is 11.8 Å². The van der Waals surface area contributed by atoms with Gasteiger partial charge < -0.3 is 4.74 Å². The van der Waals surface area contributed by atoms with E-state index in [0.29, 0.717) is 6.54 Å². The molecule has 78 valence electrons. The van der Waals surface area contributed by atoms with Gasteiger partial charge in [0, 0.05) is 6.54 Å². The van der Waals surface area contributed by atoms with Crippen LogP contribution in [0.2, 0.25) is 0 Å². The Bertz CT molecular complexity index is 357. The number of fused-ring (bicyclic) bond motifs is 5. The molecule has 2 amide bonds.